The third kappa shape index (κ3) is 3.05. The van der Waals surface area contributed by atoms with Gasteiger partial charge in [-0.15, -0.1) is 0 Å². The maximum atomic E-state index is 6.59. The summed E-state index contributed by atoms with van der Waals surface area (Å²) in [7, 11) is 0. The first kappa shape index (κ1) is 22.9. The standard InChI is InChI=1S/C41H23NO/c1-4-14-27-24(10-1)13-9-17-30(27)37-35-28-15-5-2-11-25(28)20-22-31(35)39-38(37)32-23-21-26-12-3-6-16-29(26)36(32)40(39)41-42-33-18-7-8-19-34(33)43-41/h1-23H. The number of benzene rings is 7. The van der Waals surface area contributed by atoms with E-state index in [0.29, 0.717) is 5.89 Å². The summed E-state index contributed by atoms with van der Waals surface area (Å²) in [5.74, 6) is 0.669. The first-order valence-electron chi connectivity index (χ1n) is 14.7. The van der Waals surface area contributed by atoms with Gasteiger partial charge in [0.15, 0.2) is 5.58 Å². The Bertz CT molecular complexity index is 2520. The first-order chi connectivity index (χ1) is 21.3. The normalized spacial score (nSPS) is 13.9. The molecule has 1 aromatic heterocycles. The van der Waals surface area contributed by atoms with E-state index in [1.807, 2.05) is 24.3 Å². The number of rotatable bonds is 2. The van der Waals surface area contributed by atoms with Crippen LogP contribution >= 0.6 is 0 Å². The minimum absolute atomic E-state index is 0.669. The molecule has 10 rings (SSSR count). The van der Waals surface area contributed by atoms with Crippen molar-refractivity contribution in [3.05, 3.63) is 173 Å². The molecule has 0 radical (unpaired) electrons. The van der Waals surface area contributed by atoms with Gasteiger partial charge in [-0.1, -0.05) is 127 Å². The van der Waals surface area contributed by atoms with Crippen LogP contribution < -0.4 is 0 Å². The third-order valence-electron chi connectivity index (χ3n) is 9.21. The van der Waals surface area contributed by atoms with Crippen LogP contribution in [0.3, 0.4) is 0 Å². The summed E-state index contributed by atoms with van der Waals surface area (Å²) < 4.78 is 6.59. The smallest absolute Gasteiger partial charge is 0.228 e. The molecule has 0 spiro atoms. The number of nitrogens with zero attached hydrogens (tertiary/aromatic N) is 1. The van der Waals surface area contributed by atoms with Crippen LogP contribution in [0.4, 0.5) is 0 Å². The highest BCUT2D eigenvalue weighted by atomic mass is 16.3. The van der Waals surface area contributed by atoms with Crippen LogP contribution in [0.25, 0.3) is 65.7 Å². The molecule has 2 aliphatic carbocycles. The molecule has 0 bridgehead atoms. The molecular formula is C41H23NO. The summed E-state index contributed by atoms with van der Waals surface area (Å²) in [5.41, 5.74) is 12.7. The third-order valence-corrected chi connectivity index (χ3v) is 9.21. The van der Waals surface area contributed by atoms with E-state index >= 15 is 0 Å². The molecule has 8 aromatic rings. The maximum Gasteiger partial charge on any atom is 0.228 e. The average Bonchev–Trinajstić information content (AvgIpc) is 3.74. The number of fused-ring (bicyclic) bond motifs is 11. The van der Waals surface area contributed by atoms with Crippen LogP contribution in [0.1, 0.15) is 33.7 Å². The largest absolute Gasteiger partial charge is 0.436 e. The van der Waals surface area contributed by atoms with E-state index < -0.39 is 0 Å². The second-order valence-corrected chi connectivity index (χ2v) is 11.4. The van der Waals surface area contributed by atoms with E-state index in [0.717, 1.165) is 16.7 Å². The van der Waals surface area contributed by atoms with Crippen LogP contribution in [0.15, 0.2) is 144 Å². The number of aromatic nitrogens is 1. The van der Waals surface area contributed by atoms with Crippen molar-refractivity contribution in [2.75, 3.05) is 0 Å². The van der Waals surface area contributed by atoms with E-state index in [1.54, 1.807) is 0 Å². The van der Waals surface area contributed by atoms with Crippen molar-refractivity contribution in [2.45, 2.75) is 0 Å². The summed E-state index contributed by atoms with van der Waals surface area (Å²) in [6.07, 6.45) is 0. The minimum Gasteiger partial charge on any atom is -0.436 e. The lowest BCUT2D eigenvalue weighted by Crippen LogP contribution is -1.95. The van der Waals surface area contributed by atoms with Gasteiger partial charge in [-0.2, -0.15) is 0 Å². The second kappa shape index (κ2) is 8.40. The van der Waals surface area contributed by atoms with E-state index in [1.165, 1.54) is 76.9 Å². The first-order valence-corrected chi connectivity index (χ1v) is 14.7. The number of oxazole rings is 1. The number of para-hydroxylation sites is 2. The predicted molar refractivity (Wildman–Crippen MR) is 178 cm³/mol. The quantitative estimate of drug-likeness (QED) is 0.216. The monoisotopic (exact) mass is 545 g/mol. The zero-order valence-corrected chi connectivity index (χ0v) is 23.1. The molecule has 0 N–H and O–H groups in total. The fourth-order valence-electron chi connectivity index (χ4n) is 7.44. The van der Waals surface area contributed by atoms with Crippen molar-refractivity contribution in [1.29, 1.82) is 0 Å². The molecule has 0 aliphatic heterocycles. The Morgan fingerprint density at radius 3 is 1.60 bits per heavy atom. The molecule has 0 saturated carbocycles. The van der Waals surface area contributed by atoms with Crippen molar-refractivity contribution < 1.29 is 4.42 Å². The topological polar surface area (TPSA) is 26.0 Å². The zero-order valence-electron chi connectivity index (χ0n) is 23.1. The lowest BCUT2D eigenvalue weighted by atomic mass is 9.87. The van der Waals surface area contributed by atoms with Gasteiger partial charge < -0.3 is 4.42 Å². The van der Waals surface area contributed by atoms with Crippen LogP contribution in [0.2, 0.25) is 0 Å². The van der Waals surface area contributed by atoms with E-state index in [2.05, 4.69) is 115 Å². The Balaban J connectivity index is 1.45. The molecule has 1 heterocycles. The van der Waals surface area contributed by atoms with Gasteiger partial charge in [-0.3, -0.25) is 0 Å². The summed E-state index contributed by atoms with van der Waals surface area (Å²) in [6.45, 7) is 0. The predicted octanol–water partition coefficient (Wildman–Crippen LogP) is 10.5. The van der Waals surface area contributed by atoms with Crippen LogP contribution in [0.5, 0.6) is 0 Å². The van der Waals surface area contributed by atoms with Crippen molar-refractivity contribution in [3.8, 4) is 0 Å². The Kier molecular flexibility index (Phi) is 4.48. The molecule has 0 atom stereocenters. The Morgan fingerprint density at radius 1 is 0.372 bits per heavy atom. The van der Waals surface area contributed by atoms with E-state index in [4.69, 9.17) is 9.40 Å². The lowest BCUT2D eigenvalue weighted by Gasteiger charge is -2.16. The van der Waals surface area contributed by atoms with Gasteiger partial charge in [0, 0.05) is 11.1 Å². The highest BCUT2D eigenvalue weighted by Gasteiger charge is 2.41. The lowest BCUT2D eigenvalue weighted by molar-refractivity contribution is 0.586. The molecule has 0 saturated heterocycles. The SMILES string of the molecule is c1ccc2c(C3=C4C(=C(c5nc6ccccc6o5)c5c4ccc4ccccc54)c4ccc5ccccc5c43)cccc2c1. The summed E-state index contributed by atoms with van der Waals surface area (Å²) >= 11 is 0. The number of allylic oxidation sites excluding steroid dienone is 2. The molecule has 2 aliphatic rings. The van der Waals surface area contributed by atoms with Gasteiger partial charge in [-0.05, 0) is 77.9 Å². The molecule has 7 aromatic carbocycles. The summed E-state index contributed by atoms with van der Waals surface area (Å²) in [5, 5.41) is 7.42. The van der Waals surface area contributed by atoms with Crippen molar-refractivity contribution >= 4 is 65.7 Å². The average molecular weight is 546 g/mol. The number of hydrogen-bond donors (Lipinski definition) is 0. The maximum absolute atomic E-state index is 6.59. The van der Waals surface area contributed by atoms with E-state index in [9.17, 15) is 0 Å². The van der Waals surface area contributed by atoms with Crippen molar-refractivity contribution in [1.82, 2.24) is 4.98 Å². The van der Waals surface area contributed by atoms with Crippen molar-refractivity contribution in [2.24, 2.45) is 0 Å². The van der Waals surface area contributed by atoms with E-state index in [-0.39, 0.29) is 0 Å². The molecule has 0 unspecified atom stereocenters. The molecule has 0 amide bonds. The Labute approximate surface area is 247 Å². The Hall–Kier alpha value is -5.73. The van der Waals surface area contributed by atoms with Gasteiger partial charge in [0.1, 0.15) is 5.52 Å². The molecular weight excluding hydrogens is 522 g/mol. The second-order valence-electron chi connectivity index (χ2n) is 11.4. The zero-order chi connectivity index (χ0) is 28.1. The van der Waals surface area contributed by atoms with Gasteiger partial charge in [0.25, 0.3) is 0 Å². The minimum atomic E-state index is 0.669. The van der Waals surface area contributed by atoms with Gasteiger partial charge in [0.2, 0.25) is 5.89 Å². The molecule has 2 nitrogen and oxygen atoms in total. The molecule has 43 heavy (non-hydrogen) atoms. The van der Waals surface area contributed by atoms with Crippen LogP contribution in [-0.4, -0.2) is 4.98 Å². The highest BCUT2D eigenvalue weighted by Crippen LogP contribution is 2.61. The fourth-order valence-corrected chi connectivity index (χ4v) is 7.44. The number of hydrogen-bond acceptors (Lipinski definition) is 2. The molecule has 0 fully saturated rings. The molecule has 198 valence electrons. The summed E-state index contributed by atoms with van der Waals surface area (Å²) in [6, 6.07) is 50.0. The van der Waals surface area contributed by atoms with Crippen LogP contribution in [0, 0.1) is 0 Å². The van der Waals surface area contributed by atoms with Crippen LogP contribution in [-0.2, 0) is 0 Å². The Morgan fingerprint density at radius 2 is 0.907 bits per heavy atom. The highest BCUT2D eigenvalue weighted by molar-refractivity contribution is 6.39. The summed E-state index contributed by atoms with van der Waals surface area (Å²) in [4.78, 5) is 5.10. The molecule has 2 heteroatoms. The fraction of sp³-hybridized carbons (Fsp3) is 0. The van der Waals surface area contributed by atoms with Gasteiger partial charge in [-0.25, -0.2) is 4.98 Å². The van der Waals surface area contributed by atoms with Crippen molar-refractivity contribution in [3.63, 3.8) is 0 Å². The van der Waals surface area contributed by atoms with Gasteiger partial charge >= 0.3 is 0 Å². The van der Waals surface area contributed by atoms with Gasteiger partial charge in [0.05, 0.1) is 5.57 Å².